The summed E-state index contributed by atoms with van der Waals surface area (Å²) < 4.78 is 6.13. The standard InChI is InChI=1S/C24H26O/c1-4-24(2,3)21-16-14-19(15-17-21)18-25-23-13-9-8-12-22(23)20-10-6-5-7-11-20/h5-17H,4,18H2,1-3H3. The Morgan fingerprint density at radius 1 is 0.760 bits per heavy atom. The molecule has 0 radical (unpaired) electrons. The molecule has 0 heterocycles. The summed E-state index contributed by atoms with van der Waals surface area (Å²) in [5.41, 5.74) is 5.10. The van der Waals surface area contributed by atoms with E-state index in [0.717, 1.165) is 17.7 Å². The van der Waals surface area contributed by atoms with E-state index in [1.807, 2.05) is 18.2 Å². The molecule has 0 unspecified atom stereocenters. The maximum Gasteiger partial charge on any atom is 0.127 e. The van der Waals surface area contributed by atoms with Crippen molar-refractivity contribution in [1.29, 1.82) is 0 Å². The highest BCUT2D eigenvalue weighted by molar-refractivity contribution is 5.70. The third-order valence-corrected chi connectivity index (χ3v) is 4.99. The zero-order valence-corrected chi connectivity index (χ0v) is 15.3. The van der Waals surface area contributed by atoms with Gasteiger partial charge in [-0.05, 0) is 34.6 Å². The average molecular weight is 330 g/mol. The van der Waals surface area contributed by atoms with Crippen LogP contribution in [0.5, 0.6) is 5.75 Å². The van der Waals surface area contributed by atoms with Crippen LogP contribution in [0, 0.1) is 0 Å². The largest absolute Gasteiger partial charge is 0.488 e. The second-order valence-electron chi connectivity index (χ2n) is 7.09. The Kier molecular flexibility index (Phi) is 5.23. The first-order valence-corrected chi connectivity index (χ1v) is 8.97. The number of hydrogen-bond acceptors (Lipinski definition) is 1. The summed E-state index contributed by atoms with van der Waals surface area (Å²) in [5, 5.41) is 0. The van der Waals surface area contributed by atoms with E-state index in [9.17, 15) is 0 Å². The lowest BCUT2D eigenvalue weighted by Gasteiger charge is -2.23. The van der Waals surface area contributed by atoms with E-state index in [2.05, 4.69) is 81.4 Å². The zero-order valence-electron chi connectivity index (χ0n) is 15.3. The topological polar surface area (TPSA) is 9.23 Å². The molecule has 0 saturated heterocycles. The lowest BCUT2D eigenvalue weighted by molar-refractivity contribution is 0.307. The molecule has 25 heavy (non-hydrogen) atoms. The SMILES string of the molecule is CCC(C)(C)c1ccc(COc2ccccc2-c2ccccc2)cc1. The Bertz CT molecular complexity index is 801. The van der Waals surface area contributed by atoms with Crippen LogP contribution in [0.3, 0.4) is 0 Å². The van der Waals surface area contributed by atoms with Crippen LogP contribution in [-0.2, 0) is 12.0 Å². The summed E-state index contributed by atoms with van der Waals surface area (Å²) >= 11 is 0. The van der Waals surface area contributed by atoms with Crippen LogP contribution >= 0.6 is 0 Å². The minimum atomic E-state index is 0.222. The monoisotopic (exact) mass is 330 g/mol. The Morgan fingerprint density at radius 3 is 2.08 bits per heavy atom. The second-order valence-corrected chi connectivity index (χ2v) is 7.09. The minimum Gasteiger partial charge on any atom is -0.488 e. The minimum absolute atomic E-state index is 0.222. The quantitative estimate of drug-likeness (QED) is 0.493. The molecule has 3 aromatic rings. The van der Waals surface area contributed by atoms with Crippen LogP contribution in [0.2, 0.25) is 0 Å². The normalized spacial score (nSPS) is 11.3. The summed E-state index contributed by atoms with van der Waals surface area (Å²) in [5.74, 6) is 0.923. The maximum atomic E-state index is 6.13. The van der Waals surface area contributed by atoms with E-state index in [-0.39, 0.29) is 5.41 Å². The van der Waals surface area contributed by atoms with Crippen molar-refractivity contribution in [3.63, 3.8) is 0 Å². The van der Waals surface area contributed by atoms with Crippen molar-refractivity contribution in [3.05, 3.63) is 90.0 Å². The highest BCUT2D eigenvalue weighted by atomic mass is 16.5. The van der Waals surface area contributed by atoms with Crippen LogP contribution in [0.1, 0.15) is 38.3 Å². The van der Waals surface area contributed by atoms with Crippen LogP contribution in [0.15, 0.2) is 78.9 Å². The lowest BCUT2D eigenvalue weighted by atomic mass is 9.82. The van der Waals surface area contributed by atoms with Crippen molar-refractivity contribution in [3.8, 4) is 16.9 Å². The Balaban J connectivity index is 1.75. The third-order valence-electron chi connectivity index (χ3n) is 4.99. The highest BCUT2D eigenvalue weighted by Gasteiger charge is 2.17. The van der Waals surface area contributed by atoms with E-state index in [1.54, 1.807) is 0 Å². The average Bonchev–Trinajstić information content (AvgIpc) is 2.67. The first-order chi connectivity index (χ1) is 12.1. The molecule has 0 aliphatic carbocycles. The number of ether oxygens (including phenoxy) is 1. The van der Waals surface area contributed by atoms with E-state index < -0.39 is 0 Å². The summed E-state index contributed by atoms with van der Waals surface area (Å²) in [6.07, 6.45) is 1.13. The molecule has 3 rings (SSSR count). The number of hydrogen-bond donors (Lipinski definition) is 0. The fourth-order valence-electron chi connectivity index (χ4n) is 2.87. The van der Waals surface area contributed by atoms with Crippen LogP contribution < -0.4 is 4.74 Å². The number of para-hydroxylation sites is 1. The molecule has 0 saturated carbocycles. The molecule has 0 N–H and O–H groups in total. The van der Waals surface area contributed by atoms with Gasteiger partial charge in [0, 0.05) is 5.56 Å². The molecule has 1 nitrogen and oxygen atoms in total. The molecule has 1 heteroatoms. The van der Waals surface area contributed by atoms with E-state index >= 15 is 0 Å². The predicted molar refractivity (Wildman–Crippen MR) is 106 cm³/mol. The fraction of sp³-hybridized carbons (Fsp3) is 0.250. The van der Waals surface area contributed by atoms with Gasteiger partial charge in [-0.3, -0.25) is 0 Å². The molecular weight excluding hydrogens is 304 g/mol. The Morgan fingerprint density at radius 2 is 1.40 bits per heavy atom. The van der Waals surface area contributed by atoms with Gasteiger partial charge in [0.1, 0.15) is 12.4 Å². The van der Waals surface area contributed by atoms with Crippen LogP contribution in [0.4, 0.5) is 0 Å². The molecule has 0 aromatic heterocycles. The molecule has 0 spiro atoms. The highest BCUT2D eigenvalue weighted by Crippen LogP contribution is 2.30. The van der Waals surface area contributed by atoms with Gasteiger partial charge in [-0.2, -0.15) is 0 Å². The van der Waals surface area contributed by atoms with Gasteiger partial charge in [-0.15, -0.1) is 0 Å². The van der Waals surface area contributed by atoms with Crippen molar-refractivity contribution in [2.45, 2.75) is 39.2 Å². The molecule has 0 amide bonds. The fourth-order valence-corrected chi connectivity index (χ4v) is 2.87. The lowest BCUT2D eigenvalue weighted by Crippen LogP contribution is -2.15. The summed E-state index contributed by atoms with van der Waals surface area (Å²) in [6.45, 7) is 7.39. The first kappa shape index (κ1) is 17.3. The van der Waals surface area contributed by atoms with E-state index in [0.29, 0.717) is 6.61 Å². The van der Waals surface area contributed by atoms with E-state index in [4.69, 9.17) is 4.74 Å². The Hall–Kier alpha value is -2.54. The number of benzene rings is 3. The summed E-state index contributed by atoms with van der Waals surface area (Å²) in [7, 11) is 0. The molecular formula is C24H26O. The first-order valence-electron chi connectivity index (χ1n) is 8.97. The molecule has 0 aliphatic heterocycles. The van der Waals surface area contributed by atoms with Crippen molar-refractivity contribution in [2.75, 3.05) is 0 Å². The van der Waals surface area contributed by atoms with E-state index in [1.165, 1.54) is 16.7 Å². The van der Waals surface area contributed by atoms with Gasteiger partial charge in [-0.1, -0.05) is 93.6 Å². The smallest absolute Gasteiger partial charge is 0.127 e. The van der Waals surface area contributed by atoms with Gasteiger partial charge >= 0.3 is 0 Å². The van der Waals surface area contributed by atoms with Gasteiger partial charge in [0.2, 0.25) is 0 Å². The maximum absolute atomic E-state index is 6.13. The molecule has 0 fully saturated rings. The predicted octanol–water partition coefficient (Wildman–Crippen LogP) is 6.62. The van der Waals surface area contributed by atoms with Crippen molar-refractivity contribution >= 4 is 0 Å². The molecule has 128 valence electrons. The van der Waals surface area contributed by atoms with Gasteiger partial charge in [0.15, 0.2) is 0 Å². The summed E-state index contributed by atoms with van der Waals surface area (Å²) in [4.78, 5) is 0. The second kappa shape index (κ2) is 7.57. The van der Waals surface area contributed by atoms with Crippen LogP contribution in [-0.4, -0.2) is 0 Å². The van der Waals surface area contributed by atoms with Crippen molar-refractivity contribution in [2.24, 2.45) is 0 Å². The number of rotatable bonds is 6. The van der Waals surface area contributed by atoms with Crippen molar-refractivity contribution in [1.82, 2.24) is 0 Å². The molecule has 0 atom stereocenters. The third kappa shape index (κ3) is 4.11. The molecule has 0 bridgehead atoms. The zero-order chi connectivity index (χ0) is 17.7. The van der Waals surface area contributed by atoms with Gasteiger partial charge in [-0.25, -0.2) is 0 Å². The van der Waals surface area contributed by atoms with Gasteiger partial charge in [0.25, 0.3) is 0 Å². The van der Waals surface area contributed by atoms with Gasteiger partial charge < -0.3 is 4.74 Å². The molecule has 3 aromatic carbocycles. The molecule has 0 aliphatic rings. The van der Waals surface area contributed by atoms with Gasteiger partial charge in [0.05, 0.1) is 0 Å². The van der Waals surface area contributed by atoms with Crippen molar-refractivity contribution < 1.29 is 4.74 Å². The Labute approximate surface area is 151 Å². The van der Waals surface area contributed by atoms with Crippen LogP contribution in [0.25, 0.3) is 11.1 Å². The summed E-state index contributed by atoms with van der Waals surface area (Å²) in [6, 6.07) is 27.4.